The van der Waals surface area contributed by atoms with E-state index >= 15 is 0 Å². The van der Waals surface area contributed by atoms with Crippen molar-refractivity contribution < 1.29 is 24.5 Å². The van der Waals surface area contributed by atoms with Crippen LogP contribution < -0.4 is 5.73 Å². The first-order valence-electron chi connectivity index (χ1n) is 5.96. The van der Waals surface area contributed by atoms with Gasteiger partial charge in [-0.25, -0.2) is 19.4 Å². The van der Waals surface area contributed by atoms with Crippen molar-refractivity contribution in [2.75, 3.05) is 12.7 Å². The van der Waals surface area contributed by atoms with E-state index in [1.54, 1.807) is 0 Å². The predicted octanol–water partition coefficient (Wildman–Crippen LogP) is 1.11. The average molecular weight is 298 g/mol. The summed E-state index contributed by atoms with van der Waals surface area (Å²) in [6, 6.07) is 5.95. The number of hydrogen-bond acceptors (Lipinski definition) is 5. The second-order valence-electron chi connectivity index (χ2n) is 4.19. The third-order valence-electron chi connectivity index (χ3n) is 2.58. The van der Waals surface area contributed by atoms with Gasteiger partial charge in [0, 0.05) is 6.08 Å². The number of rotatable bonds is 7. The van der Waals surface area contributed by atoms with Gasteiger partial charge in [-0.05, 0) is 36.7 Å². The third kappa shape index (κ3) is 4.83. The molecule has 6 nitrogen and oxygen atoms in total. The van der Waals surface area contributed by atoms with Crippen molar-refractivity contribution in [2.45, 2.75) is 6.42 Å². The fourth-order valence-electron chi connectivity index (χ4n) is 1.52. The summed E-state index contributed by atoms with van der Waals surface area (Å²) in [4.78, 5) is 41.9. The molecule has 0 aliphatic carbocycles. The van der Waals surface area contributed by atoms with E-state index in [4.69, 9.17) is 10.8 Å². The van der Waals surface area contributed by atoms with Crippen LogP contribution in [0.25, 0.3) is 6.08 Å². The molecule has 1 rings (SSSR count). The van der Waals surface area contributed by atoms with Gasteiger partial charge in [0.1, 0.15) is 6.16 Å². The highest BCUT2D eigenvalue weighted by Gasteiger charge is 2.43. The van der Waals surface area contributed by atoms with Crippen LogP contribution >= 0.6 is 7.72 Å². The molecule has 108 valence electrons. The fraction of sp³-hybridized carbons (Fsp3) is 0.231. The zero-order valence-electron chi connectivity index (χ0n) is 10.8. The van der Waals surface area contributed by atoms with Crippen LogP contribution in [0.4, 0.5) is 0 Å². The molecule has 0 spiro atoms. The second-order valence-corrected chi connectivity index (χ2v) is 6.51. The highest BCUT2D eigenvalue weighted by Crippen LogP contribution is 2.53. The molecule has 0 heterocycles. The van der Waals surface area contributed by atoms with Gasteiger partial charge in [0.2, 0.25) is 0 Å². The molecule has 0 aromatic heterocycles. The van der Waals surface area contributed by atoms with Crippen LogP contribution in [0.15, 0.2) is 30.3 Å². The molecule has 0 saturated heterocycles. The van der Waals surface area contributed by atoms with Gasteiger partial charge in [0.25, 0.3) is 0 Å². The number of carbonyl (C=O) groups excluding carboxylic acids is 1. The fourth-order valence-corrected chi connectivity index (χ4v) is 2.91. The molecule has 0 saturated carbocycles. The van der Waals surface area contributed by atoms with Gasteiger partial charge in [0.15, 0.2) is 0 Å². The summed E-state index contributed by atoms with van der Waals surface area (Å²) < 4.78 is 0. The van der Waals surface area contributed by atoms with Crippen LogP contribution in [0.1, 0.15) is 22.3 Å². The van der Waals surface area contributed by atoms with Crippen LogP contribution in [0.2, 0.25) is 0 Å². The number of aliphatic carboxylic acids is 1. The molecule has 0 unspecified atom stereocenters. The molecule has 0 amide bonds. The van der Waals surface area contributed by atoms with Gasteiger partial charge in [-0.15, -0.1) is 0 Å². The summed E-state index contributed by atoms with van der Waals surface area (Å²) in [5, 5.41) is 8.49. The van der Waals surface area contributed by atoms with Crippen molar-refractivity contribution in [1.29, 1.82) is 0 Å². The molecule has 1 aromatic carbocycles. The molecule has 0 aliphatic rings. The standard InChI is InChI=1S/C13H16NO5P/c14-8-1-9-20(18,19)13(17)11-5-2-10(3-6-11)4-7-12(15)16/h2-7,18-19H,1,8-9,14H2/p+1/b7-4+. The summed E-state index contributed by atoms with van der Waals surface area (Å²) in [6.07, 6.45) is 2.70. The third-order valence-corrected chi connectivity index (χ3v) is 4.42. The maximum atomic E-state index is 11.9. The highest BCUT2D eigenvalue weighted by molar-refractivity contribution is 7.81. The summed E-state index contributed by atoms with van der Waals surface area (Å²) in [6.45, 7) is 0.287. The zero-order valence-corrected chi connectivity index (χ0v) is 11.7. The van der Waals surface area contributed by atoms with E-state index in [-0.39, 0.29) is 18.3 Å². The van der Waals surface area contributed by atoms with Crippen LogP contribution in [-0.2, 0) is 4.79 Å². The van der Waals surface area contributed by atoms with E-state index < -0.39 is 19.2 Å². The average Bonchev–Trinajstić information content (AvgIpc) is 2.42. The van der Waals surface area contributed by atoms with Crippen LogP contribution in [-0.4, -0.2) is 39.1 Å². The summed E-state index contributed by atoms with van der Waals surface area (Å²) >= 11 is 0. The Morgan fingerprint density at radius 3 is 2.30 bits per heavy atom. The van der Waals surface area contributed by atoms with Crippen molar-refractivity contribution in [3.05, 3.63) is 41.5 Å². The lowest BCUT2D eigenvalue weighted by molar-refractivity contribution is -0.131. The molecule has 0 fully saturated rings. The molecule has 7 heteroatoms. The van der Waals surface area contributed by atoms with Gasteiger partial charge >= 0.3 is 19.2 Å². The molecule has 0 bridgehead atoms. The lowest BCUT2D eigenvalue weighted by atomic mass is 10.1. The van der Waals surface area contributed by atoms with Crippen molar-refractivity contribution in [2.24, 2.45) is 5.73 Å². The van der Waals surface area contributed by atoms with E-state index in [9.17, 15) is 19.4 Å². The smallest absolute Gasteiger partial charge is 0.356 e. The second kappa shape index (κ2) is 7.26. The van der Waals surface area contributed by atoms with E-state index in [0.717, 1.165) is 6.08 Å². The normalized spacial score (nSPS) is 11.8. The minimum absolute atomic E-state index is 0.0248. The maximum absolute atomic E-state index is 11.9. The monoisotopic (exact) mass is 298 g/mol. The summed E-state index contributed by atoms with van der Waals surface area (Å²) in [7, 11) is -3.65. The minimum atomic E-state index is -3.65. The number of nitrogens with two attached hydrogens (primary N) is 1. The Morgan fingerprint density at radius 1 is 1.20 bits per heavy atom. The Kier molecular flexibility index (Phi) is 5.98. The number of hydrogen-bond donors (Lipinski definition) is 4. The zero-order chi connectivity index (χ0) is 15.2. The Morgan fingerprint density at radius 2 is 1.80 bits per heavy atom. The quantitative estimate of drug-likeness (QED) is 0.442. The molecule has 0 atom stereocenters. The van der Waals surface area contributed by atoms with Crippen LogP contribution in [0.3, 0.4) is 0 Å². The van der Waals surface area contributed by atoms with E-state index in [1.807, 2.05) is 0 Å². The van der Waals surface area contributed by atoms with E-state index in [0.29, 0.717) is 12.0 Å². The van der Waals surface area contributed by atoms with Crippen molar-refractivity contribution in [1.82, 2.24) is 0 Å². The van der Waals surface area contributed by atoms with Gasteiger partial charge in [-0.1, -0.05) is 12.1 Å². The molecule has 1 aromatic rings. The van der Waals surface area contributed by atoms with E-state index in [1.165, 1.54) is 30.3 Å². The molecule has 0 aliphatic heterocycles. The highest BCUT2D eigenvalue weighted by atomic mass is 31.2. The molecule has 5 N–H and O–H groups in total. The van der Waals surface area contributed by atoms with Crippen LogP contribution in [0, 0.1) is 0 Å². The molecular weight excluding hydrogens is 281 g/mol. The first-order chi connectivity index (χ1) is 9.36. The Balaban J connectivity index is 2.82. The van der Waals surface area contributed by atoms with Gasteiger partial charge in [-0.3, -0.25) is 0 Å². The number of carbonyl (C=O) groups is 2. The van der Waals surface area contributed by atoms with Crippen molar-refractivity contribution >= 4 is 25.3 Å². The lowest BCUT2D eigenvalue weighted by Crippen LogP contribution is -2.12. The predicted molar refractivity (Wildman–Crippen MR) is 77.3 cm³/mol. The Hall–Kier alpha value is -1.59. The molecule has 0 radical (unpaired) electrons. The Labute approximate surface area is 117 Å². The van der Waals surface area contributed by atoms with Gasteiger partial charge < -0.3 is 10.8 Å². The van der Waals surface area contributed by atoms with Gasteiger partial charge in [0.05, 0.1) is 5.56 Å². The van der Waals surface area contributed by atoms with Crippen LogP contribution in [0.5, 0.6) is 0 Å². The maximum Gasteiger partial charge on any atom is 0.356 e. The van der Waals surface area contributed by atoms with Gasteiger partial charge in [-0.2, -0.15) is 0 Å². The van der Waals surface area contributed by atoms with E-state index in [2.05, 4.69) is 0 Å². The number of carboxylic acids is 1. The topological polar surface area (TPSA) is 121 Å². The lowest BCUT2D eigenvalue weighted by Gasteiger charge is -2.10. The largest absolute Gasteiger partial charge is 0.478 e. The number of carboxylic acid groups (broad SMARTS) is 1. The van der Waals surface area contributed by atoms with Crippen molar-refractivity contribution in [3.63, 3.8) is 0 Å². The minimum Gasteiger partial charge on any atom is -0.478 e. The van der Waals surface area contributed by atoms with Crippen molar-refractivity contribution in [3.8, 4) is 0 Å². The molecular formula is C13H17NO5P+. The number of benzene rings is 1. The Bertz CT molecular complexity index is 510. The molecule has 20 heavy (non-hydrogen) atoms. The first kappa shape index (κ1) is 16.5. The summed E-state index contributed by atoms with van der Waals surface area (Å²) in [5.74, 6) is -1.07. The first-order valence-corrected chi connectivity index (χ1v) is 7.84. The summed E-state index contributed by atoms with van der Waals surface area (Å²) in [5.41, 5.74) is 5.38. The SMILES string of the molecule is NCCC[P+](O)(O)C(=O)c1ccc(/C=C/C(=O)O)cc1.